The van der Waals surface area contributed by atoms with Crippen molar-refractivity contribution in [1.29, 1.82) is 0 Å². The van der Waals surface area contributed by atoms with E-state index in [1.807, 2.05) is 0 Å². The molecule has 1 unspecified atom stereocenters. The third-order valence-electron chi connectivity index (χ3n) is 8.24. The number of Topliss-reactive ketones (excluding diaryl/α,β-unsaturated/α-hetero) is 1. The Balaban J connectivity index is 1.69. The van der Waals surface area contributed by atoms with E-state index in [1.165, 1.54) is 51.4 Å². The SMILES string of the molecule is C[C@@]12CCC[C@H]1[C@@H]1CCC3CCCC(=O)[C@]3(C)[C@H]1CC2. The highest BCUT2D eigenvalue weighted by molar-refractivity contribution is 5.86. The summed E-state index contributed by atoms with van der Waals surface area (Å²) in [5.41, 5.74) is 0.688. The summed E-state index contributed by atoms with van der Waals surface area (Å²) < 4.78 is 0. The number of ketones is 1. The lowest BCUT2D eigenvalue weighted by Crippen LogP contribution is -2.55. The van der Waals surface area contributed by atoms with E-state index >= 15 is 0 Å². The molecule has 0 saturated heterocycles. The topological polar surface area (TPSA) is 17.1 Å². The number of rotatable bonds is 0. The van der Waals surface area contributed by atoms with Crippen molar-refractivity contribution in [2.75, 3.05) is 0 Å². The second-order valence-electron chi connectivity index (χ2n) is 8.83. The summed E-state index contributed by atoms with van der Waals surface area (Å²) >= 11 is 0. The molecule has 112 valence electrons. The van der Waals surface area contributed by atoms with Gasteiger partial charge in [-0.1, -0.05) is 20.3 Å². The maximum absolute atomic E-state index is 12.8. The summed E-state index contributed by atoms with van der Waals surface area (Å²) in [4.78, 5) is 12.8. The summed E-state index contributed by atoms with van der Waals surface area (Å²) in [5, 5.41) is 0. The molecule has 0 amide bonds. The molecule has 4 aliphatic rings. The van der Waals surface area contributed by atoms with E-state index in [0.717, 1.165) is 36.5 Å². The number of carbonyl (C=O) groups is 1. The first-order valence-corrected chi connectivity index (χ1v) is 9.09. The molecule has 1 nitrogen and oxygen atoms in total. The first kappa shape index (κ1) is 13.3. The summed E-state index contributed by atoms with van der Waals surface area (Å²) in [6, 6.07) is 0. The van der Waals surface area contributed by atoms with Crippen LogP contribution in [0.3, 0.4) is 0 Å². The van der Waals surface area contributed by atoms with Crippen LogP contribution in [0.25, 0.3) is 0 Å². The average molecular weight is 274 g/mol. The molecular weight excluding hydrogens is 244 g/mol. The van der Waals surface area contributed by atoms with Crippen LogP contribution in [-0.4, -0.2) is 5.78 Å². The van der Waals surface area contributed by atoms with Crippen LogP contribution in [-0.2, 0) is 4.79 Å². The van der Waals surface area contributed by atoms with Gasteiger partial charge in [-0.15, -0.1) is 0 Å². The molecule has 6 atom stereocenters. The van der Waals surface area contributed by atoms with Gasteiger partial charge in [-0.2, -0.15) is 0 Å². The molecule has 0 spiro atoms. The Hall–Kier alpha value is -0.330. The second kappa shape index (κ2) is 4.34. The van der Waals surface area contributed by atoms with Crippen LogP contribution in [0.4, 0.5) is 0 Å². The smallest absolute Gasteiger partial charge is 0.139 e. The molecule has 0 heterocycles. The third-order valence-corrected chi connectivity index (χ3v) is 8.24. The standard InChI is InChI=1S/C19H30O/c1-18-11-4-6-15(18)14-9-8-13-5-3-7-17(20)19(13,2)16(14)10-12-18/h13-16H,3-12H2,1-2H3/t13?,14-,15-,16-,18-,19-/m0/s1. The highest BCUT2D eigenvalue weighted by atomic mass is 16.1. The van der Waals surface area contributed by atoms with Gasteiger partial charge in [0.1, 0.15) is 5.78 Å². The van der Waals surface area contributed by atoms with Crippen LogP contribution >= 0.6 is 0 Å². The van der Waals surface area contributed by atoms with E-state index in [-0.39, 0.29) is 5.41 Å². The van der Waals surface area contributed by atoms with E-state index in [2.05, 4.69) is 13.8 Å². The summed E-state index contributed by atoms with van der Waals surface area (Å²) in [5.74, 6) is 3.89. The minimum Gasteiger partial charge on any atom is -0.299 e. The van der Waals surface area contributed by atoms with E-state index in [1.54, 1.807) is 0 Å². The molecule has 20 heavy (non-hydrogen) atoms. The van der Waals surface area contributed by atoms with Gasteiger partial charge in [0.2, 0.25) is 0 Å². The normalized spacial score (nSPS) is 55.0. The molecule has 0 bridgehead atoms. The predicted molar refractivity (Wildman–Crippen MR) is 81.4 cm³/mol. The van der Waals surface area contributed by atoms with E-state index < -0.39 is 0 Å². The van der Waals surface area contributed by atoms with E-state index in [0.29, 0.717) is 11.2 Å². The minimum absolute atomic E-state index is 0.0606. The van der Waals surface area contributed by atoms with Crippen molar-refractivity contribution in [3.8, 4) is 0 Å². The first-order chi connectivity index (χ1) is 9.56. The van der Waals surface area contributed by atoms with Crippen molar-refractivity contribution >= 4 is 5.78 Å². The maximum Gasteiger partial charge on any atom is 0.139 e. The molecule has 1 heteroatoms. The Kier molecular flexibility index (Phi) is 2.89. The molecule has 4 saturated carbocycles. The Morgan fingerprint density at radius 3 is 2.60 bits per heavy atom. The molecule has 4 aliphatic carbocycles. The maximum atomic E-state index is 12.8. The van der Waals surface area contributed by atoms with Crippen LogP contribution in [0.2, 0.25) is 0 Å². The average Bonchev–Trinajstić information content (AvgIpc) is 2.82. The molecule has 0 aromatic rings. The molecule has 0 aromatic heterocycles. The summed E-state index contributed by atoms with van der Waals surface area (Å²) in [6.45, 7) is 4.92. The van der Waals surface area contributed by atoms with Gasteiger partial charge in [0, 0.05) is 11.8 Å². The lowest BCUT2D eigenvalue weighted by Gasteiger charge is -2.58. The quantitative estimate of drug-likeness (QED) is 0.608. The zero-order chi connectivity index (χ0) is 14.0. The molecule has 0 N–H and O–H groups in total. The van der Waals surface area contributed by atoms with Gasteiger partial charge < -0.3 is 0 Å². The summed E-state index contributed by atoms with van der Waals surface area (Å²) in [7, 11) is 0. The van der Waals surface area contributed by atoms with Crippen LogP contribution in [0, 0.1) is 34.5 Å². The zero-order valence-corrected chi connectivity index (χ0v) is 13.3. The number of fused-ring (bicyclic) bond motifs is 5. The lowest BCUT2D eigenvalue weighted by molar-refractivity contribution is -0.154. The third kappa shape index (κ3) is 1.58. The molecule has 0 aromatic carbocycles. The fourth-order valence-corrected chi connectivity index (χ4v) is 7.08. The number of carbonyl (C=O) groups excluding carboxylic acids is 1. The molecule has 0 aliphatic heterocycles. The first-order valence-electron chi connectivity index (χ1n) is 9.09. The summed E-state index contributed by atoms with van der Waals surface area (Å²) in [6.07, 6.45) is 13.2. The fraction of sp³-hybridized carbons (Fsp3) is 0.947. The second-order valence-corrected chi connectivity index (χ2v) is 8.83. The number of hydrogen-bond acceptors (Lipinski definition) is 1. The van der Waals surface area contributed by atoms with Crippen molar-refractivity contribution in [3.63, 3.8) is 0 Å². The highest BCUT2D eigenvalue weighted by Crippen LogP contribution is 2.65. The minimum atomic E-state index is 0.0606. The van der Waals surface area contributed by atoms with Crippen molar-refractivity contribution in [2.45, 2.75) is 78.1 Å². The van der Waals surface area contributed by atoms with Crippen molar-refractivity contribution in [3.05, 3.63) is 0 Å². The largest absolute Gasteiger partial charge is 0.299 e. The van der Waals surface area contributed by atoms with Crippen LogP contribution in [0.1, 0.15) is 78.1 Å². The predicted octanol–water partition coefficient (Wildman–Crippen LogP) is 4.99. The lowest BCUT2D eigenvalue weighted by atomic mass is 9.45. The van der Waals surface area contributed by atoms with Crippen molar-refractivity contribution < 1.29 is 4.79 Å². The Morgan fingerprint density at radius 1 is 0.900 bits per heavy atom. The zero-order valence-electron chi connectivity index (χ0n) is 13.3. The van der Waals surface area contributed by atoms with Gasteiger partial charge >= 0.3 is 0 Å². The Bertz CT molecular complexity index is 427. The van der Waals surface area contributed by atoms with E-state index in [9.17, 15) is 4.79 Å². The van der Waals surface area contributed by atoms with Gasteiger partial charge in [0.05, 0.1) is 0 Å². The molecule has 4 rings (SSSR count). The molecular formula is C19H30O. The molecule has 0 radical (unpaired) electrons. The van der Waals surface area contributed by atoms with Gasteiger partial charge in [-0.25, -0.2) is 0 Å². The monoisotopic (exact) mass is 274 g/mol. The van der Waals surface area contributed by atoms with Crippen LogP contribution < -0.4 is 0 Å². The van der Waals surface area contributed by atoms with E-state index in [4.69, 9.17) is 0 Å². The number of hydrogen-bond donors (Lipinski definition) is 0. The van der Waals surface area contributed by atoms with Gasteiger partial charge in [0.25, 0.3) is 0 Å². The van der Waals surface area contributed by atoms with Gasteiger partial charge in [0.15, 0.2) is 0 Å². The fourth-order valence-electron chi connectivity index (χ4n) is 7.08. The van der Waals surface area contributed by atoms with Crippen LogP contribution in [0.5, 0.6) is 0 Å². The van der Waals surface area contributed by atoms with Gasteiger partial charge in [-0.3, -0.25) is 4.79 Å². The van der Waals surface area contributed by atoms with Crippen LogP contribution in [0.15, 0.2) is 0 Å². The van der Waals surface area contributed by atoms with Crippen molar-refractivity contribution in [1.82, 2.24) is 0 Å². The van der Waals surface area contributed by atoms with Crippen molar-refractivity contribution in [2.24, 2.45) is 34.5 Å². The van der Waals surface area contributed by atoms with Gasteiger partial charge in [-0.05, 0) is 80.5 Å². The highest BCUT2D eigenvalue weighted by Gasteiger charge is 2.59. The Morgan fingerprint density at radius 2 is 1.75 bits per heavy atom. The Labute approximate surface area is 123 Å². The molecule has 4 fully saturated rings.